The molecule has 2 rings (SSSR count). The molecule has 2 aromatic heterocycles. The smallest absolute Gasteiger partial charge is 0.366 e. The van der Waals surface area contributed by atoms with Crippen molar-refractivity contribution in [3.63, 3.8) is 0 Å². The number of rotatable bonds is 4. The Hall–Kier alpha value is -2.42. The van der Waals surface area contributed by atoms with Crippen molar-refractivity contribution in [2.75, 3.05) is 10.7 Å². The highest BCUT2D eigenvalue weighted by atomic mass is 19.4. The molecule has 0 aromatic carbocycles. The molecule has 0 unspecified atom stereocenters. The molecule has 9 heteroatoms. The van der Waals surface area contributed by atoms with E-state index in [1.165, 1.54) is 0 Å². The Morgan fingerprint density at radius 1 is 1.29 bits per heavy atom. The SMILES string of the molecule is Cc1cnccc1CNc1cc(C(F)(F)F)nc(NN)n1. The standard InChI is InChI=1S/C12H13F3N6/c1-7-5-17-3-2-8(7)6-18-10-4-9(12(13,14)15)19-11(20-10)21-16/h2-5H,6,16H2,1H3,(H2,18,19,20,21). The summed E-state index contributed by atoms with van der Waals surface area (Å²) in [5, 5.41) is 2.81. The summed E-state index contributed by atoms with van der Waals surface area (Å²) in [5.41, 5.74) is 2.77. The summed E-state index contributed by atoms with van der Waals surface area (Å²) in [7, 11) is 0. The van der Waals surface area contributed by atoms with Crippen molar-refractivity contribution < 1.29 is 13.2 Å². The minimum absolute atomic E-state index is 0.0292. The topological polar surface area (TPSA) is 88.8 Å². The Labute approximate surface area is 118 Å². The van der Waals surface area contributed by atoms with Gasteiger partial charge in [0, 0.05) is 25.0 Å². The van der Waals surface area contributed by atoms with Crippen LogP contribution < -0.4 is 16.6 Å². The number of hydrogen-bond acceptors (Lipinski definition) is 6. The number of nitrogen functional groups attached to an aromatic ring is 1. The predicted molar refractivity (Wildman–Crippen MR) is 71.1 cm³/mol. The Bertz CT molecular complexity index is 629. The van der Waals surface area contributed by atoms with Crippen LogP contribution in [-0.4, -0.2) is 15.0 Å². The molecule has 0 aliphatic heterocycles. The first-order valence-corrected chi connectivity index (χ1v) is 5.96. The van der Waals surface area contributed by atoms with Crippen LogP contribution in [0.25, 0.3) is 0 Å². The van der Waals surface area contributed by atoms with E-state index in [-0.39, 0.29) is 11.8 Å². The third-order valence-electron chi connectivity index (χ3n) is 2.74. The average Bonchev–Trinajstić information content (AvgIpc) is 2.45. The molecule has 0 saturated carbocycles. The zero-order valence-corrected chi connectivity index (χ0v) is 11.1. The number of nitrogens with one attached hydrogen (secondary N) is 2. The lowest BCUT2D eigenvalue weighted by atomic mass is 10.1. The number of halogens is 3. The van der Waals surface area contributed by atoms with Gasteiger partial charge in [-0.25, -0.2) is 10.8 Å². The van der Waals surface area contributed by atoms with Crippen LogP contribution in [-0.2, 0) is 12.7 Å². The number of pyridine rings is 1. The first kappa shape index (κ1) is 15.0. The van der Waals surface area contributed by atoms with Crippen LogP contribution >= 0.6 is 0 Å². The summed E-state index contributed by atoms with van der Waals surface area (Å²) in [5.74, 6) is 4.81. The van der Waals surface area contributed by atoms with Crippen LogP contribution in [0, 0.1) is 6.92 Å². The van der Waals surface area contributed by atoms with Gasteiger partial charge in [0.1, 0.15) is 5.82 Å². The van der Waals surface area contributed by atoms with Crippen molar-refractivity contribution in [1.82, 2.24) is 15.0 Å². The molecule has 0 radical (unpaired) electrons. The van der Waals surface area contributed by atoms with Gasteiger partial charge in [0.25, 0.3) is 0 Å². The third kappa shape index (κ3) is 3.78. The highest BCUT2D eigenvalue weighted by Gasteiger charge is 2.33. The minimum Gasteiger partial charge on any atom is -0.366 e. The number of aromatic nitrogens is 3. The quantitative estimate of drug-likeness (QED) is 0.591. The number of hydrazine groups is 1. The maximum atomic E-state index is 12.7. The van der Waals surface area contributed by atoms with E-state index >= 15 is 0 Å². The number of alkyl halides is 3. The fourth-order valence-corrected chi connectivity index (χ4v) is 1.63. The largest absolute Gasteiger partial charge is 0.433 e. The fraction of sp³-hybridized carbons (Fsp3) is 0.250. The van der Waals surface area contributed by atoms with E-state index in [0.29, 0.717) is 6.54 Å². The Balaban J connectivity index is 2.22. The third-order valence-corrected chi connectivity index (χ3v) is 2.74. The van der Waals surface area contributed by atoms with Gasteiger partial charge in [-0.3, -0.25) is 10.4 Å². The fourth-order valence-electron chi connectivity index (χ4n) is 1.63. The molecule has 4 N–H and O–H groups in total. The molecular formula is C12H13F3N6. The van der Waals surface area contributed by atoms with Crippen LogP contribution in [0.1, 0.15) is 16.8 Å². The second-order valence-electron chi connectivity index (χ2n) is 4.26. The lowest BCUT2D eigenvalue weighted by molar-refractivity contribution is -0.141. The zero-order chi connectivity index (χ0) is 15.5. The molecule has 0 aliphatic rings. The van der Waals surface area contributed by atoms with Gasteiger partial charge in [0.2, 0.25) is 5.95 Å². The number of nitrogens with two attached hydrogens (primary N) is 1. The van der Waals surface area contributed by atoms with E-state index in [2.05, 4.69) is 20.3 Å². The van der Waals surface area contributed by atoms with Gasteiger partial charge >= 0.3 is 6.18 Å². The monoisotopic (exact) mass is 298 g/mol. The van der Waals surface area contributed by atoms with Crippen LogP contribution in [0.15, 0.2) is 24.5 Å². The highest BCUT2D eigenvalue weighted by molar-refractivity contribution is 5.43. The average molecular weight is 298 g/mol. The van der Waals surface area contributed by atoms with Gasteiger partial charge in [-0.15, -0.1) is 0 Å². The van der Waals surface area contributed by atoms with E-state index in [4.69, 9.17) is 5.84 Å². The molecule has 0 aliphatic carbocycles. The molecule has 0 spiro atoms. The van der Waals surface area contributed by atoms with E-state index in [9.17, 15) is 13.2 Å². The van der Waals surface area contributed by atoms with Gasteiger partial charge in [-0.1, -0.05) is 0 Å². The molecule has 0 fully saturated rings. The molecule has 0 atom stereocenters. The summed E-state index contributed by atoms with van der Waals surface area (Å²) in [6.45, 7) is 2.17. The van der Waals surface area contributed by atoms with E-state index in [1.807, 2.05) is 12.3 Å². The zero-order valence-electron chi connectivity index (χ0n) is 11.1. The van der Waals surface area contributed by atoms with Crippen molar-refractivity contribution in [3.8, 4) is 0 Å². The van der Waals surface area contributed by atoms with Crippen LogP contribution in [0.4, 0.5) is 24.9 Å². The van der Waals surface area contributed by atoms with Crippen LogP contribution in [0.3, 0.4) is 0 Å². The Kier molecular flexibility index (Phi) is 4.22. The number of aryl methyl sites for hydroxylation is 1. The summed E-state index contributed by atoms with van der Waals surface area (Å²) < 4.78 is 38.1. The molecule has 112 valence electrons. The van der Waals surface area contributed by atoms with Gasteiger partial charge in [-0.05, 0) is 24.1 Å². The molecular weight excluding hydrogens is 285 g/mol. The normalized spacial score (nSPS) is 11.3. The summed E-state index contributed by atoms with van der Waals surface area (Å²) in [6, 6.07) is 2.60. The molecule has 21 heavy (non-hydrogen) atoms. The molecule has 2 aromatic rings. The summed E-state index contributed by atoms with van der Waals surface area (Å²) in [4.78, 5) is 11.1. The first-order chi connectivity index (χ1) is 9.90. The van der Waals surface area contributed by atoms with Crippen molar-refractivity contribution in [3.05, 3.63) is 41.3 Å². The molecule has 6 nitrogen and oxygen atoms in total. The lowest BCUT2D eigenvalue weighted by Gasteiger charge is -2.12. The van der Waals surface area contributed by atoms with Gasteiger partial charge < -0.3 is 5.32 Å². The van der Waals surface area contributed by atoms with Crippen molar-refractivity contribution >= 4 is 11.8 Å². The molecule has 0 saturated heterocycles. The van der Waals surface area contributed by atoms with Crippen LogP contribution in [0.5, 0.6) is 0 Å². The first-order valence-electron chi connectivity index (χ1n) is 5.96. The number of hydrogen-bond donors (Lipinski definition) is 3. The van der Waals surface area contributed by atoms with Gasteiger partial charge in [0.05, 0.1) is 0 Å². The maximum Gasteiger partial charge on any atom is 0.433 e. The molecule has 2 heterocycles. The predicted octanol–water partition coefficient (Wildman–Crippen LogP) is 2.10. The van der Waals surface area contributed by atoms with Gasteiger partial charge in [0.15, 0.2) is 5.69 Å². The van der Waals surface area contributed by atoms with E-state index < -0.39 is 11.9 Å². The van der Waals surface area contributed by atoms with E-state index in [1.54, 1.807) is 18.5 Å². The Morgan fingerprint density at radius 3 is 2.67 bits per heavy atom. The van der Waals surface area contributed by atoms with Crippen LogP contribution in [0.2, 0.25) is 0 Å². The second kappa shape index (κ2) is 5.92. The second-order valence-corrected chi connectivity index (χ2v) is 4.26. The summed E-state index contributed by atoms with van der Waals surface area (Å²) in [6.07, 6.45) is -1.29. The minimum atomic E-state index is -4.57. The maximum absolute atomic E-state index is 12.7. The lowest BCUT2D eigenvalue weighted by Crippen LogP contribution is -2.17. The van der Waals surface area contributed by atoms with Crippen molar-refractivity contribution in [1.29, 1.82) is 0 Å². The summed E-state index contributed by atoms with van der Waals surface area (Å²) >= 11 is 0. The van der Waals surface area contributed by atoms with Crippen molar-refractivity contribution in [2.24, 2.45) is 5.84 Å². The number of anilines is 2. The Morgan fingerprint density at radius 2 is 2.05 bits per heavy atom. The van der Waals surface area contributed by atoms with Gasteiger partial charge in [-0.2, -0.15) is 18.2 Å². The molecule has 0 amide bonds. The van der Waals surface area contributed by atoms with E-state index in [0.717, 1.165) is 17.2 Å². The highest BCUT2D eigenvalue weighted by Crippen LogP contribution is 2.29. The van der Waals surface area contributed by atoms with Crippen molar-refractivity contribution in [2.45, 2.75) is 19.6 Å². The number of nitrogens with zero attached hydrogens (tertiary/aromatic N) is 3. The molecule has 0 bridgehead atoms.